The fraction of sp³-hybridized carbons (Fsp3) is 0.407. The third-order valence-corrected chi connectivity index (χ3v) is 5.75. The zero-order valence-electron chi connectivity index (χ0n) is 20.0. The topological polar surface area (TPSA) is 60.3 Å². The predicted molar refractivity (Wildman–Crippen MR) is 132 cm³/mol. The largest absolute Gasteiger partial charge is 0.497 e. The fourth-order valence-corrected chi connectivity index (χ4v) is 3.67. The van der Waals surface area contributed by atoms with Crippen molar-refractivity contribution in [1.29, 1.82) is 0 Å². The van der Waals surface area contributed by atoms with E-state index in [1.807, 2.05) is 37.3 Å². The molecule has 0 bridgehead atoms. The van der Waals surface area contributed by atoms with E-state index in [2.05, 4.69) is 42.9 Å². The van der Waals surface area contributed by atoms with Crippen LogP contribution in [0.2, 0.25) is 0 Å². The number of fused-ring (bicyclic) bond motifs is 1. The molecule has 0 aliphatic heterocycles. The van der Waals surface area contributed by atoms with Crippen LogP contribution in [0.5, 0.6) is 5.75 Å². The van der Waals surface area contributed by atoms with Gasteiger partial charge in [0, 0.05) is 42.2 Å². The second-order valence-electron chi connectivity index (χ2n) is 8.09. The minimum atomic E-state index is 0.161. The van der Waals surface area contributed by atoms with Gasteiger partial charge in [0.25, 0.3) is 0 Å². The lowest BCUT2D eigenvalue weighted by molar-refractivity contribution is -0.121. The Morgan fingerprint density at radius 1 is 1.09 bits per heavy atom. The van der Waals surface area contributed by atoms with Gasteiger partial charge in [-0.25, -0.2) is 0 Å². The van der Waals surface area contributed by atoms with Crippen LogP contribution < -0.4 is 10.1 Å². The van der Waals surface area contributed by atoms with Gasteiger partial charge in [0.1, 0.15) is 12.0 Å². The molecule has 1 heterocycles. The zero-order valence-corrected chi connectivity index (χ0v) is 20.0. The number of unbranched alkanes of at least 4 members (excludes halogenated alkanes) is 2. The van der Waals surface area contributed by atoms with E-state index < -0.39 is 0 Å². The normalized spacial score (nSPS) is 10.4. The van der Waals surface area contributed by atoms with E-state index in [1.165, 1.54) is 27.7 Å². The molecule has 3 rings (SSSR count). The summed E-state index contributed by atoms with van der Waals surface area (Å²) in [5.41, 5.74) is 5.65. The molecule has 172 valence electrons. The molecule has 0 radical (unpaired) electrons. The summed E-state index contributed by atoms with van der Waals surface area (Å²) in [6, 6.07) is 13.6. The molecule has 32 heavy (non-hydrogen) atoms. The number of carbonyl (C=O) groups excluding carboxylic acids is 2. The highest BCUT2D eigenvalue weighted by Crippen LogP contribution is 2.28. The van der Waals surface area contributed by atoms with Crippen molar-refractivity contribution in [2.45, 2.75) is 52.9 Å². The highest BCUT2D eigenvalue weighted by atomic mass is 16.5. The van der Waals surface area contributed by atoms with Crippen LogP contribution in [-0.2, 0) is 18.3 Å². The summed E-state index contributed by atoms with van der Waals surface area (Å²) in [5.74, 6) is 1.03. The van der Waals surface area contributed by atoms with Gasteiger partial charge in [0.2, 0.25) is 5.91 Å². The molecule has 0 spiro atoms. The molecule has 3 aromatic rings. The first kappa shape index (κ1) is 25.2. The SMILES string of the molecule is CCCCCC(=O)NCCc1c(C)n(C)c2ccc(OC)cc12.Cc1ccc(C=O)cc1. The molecule has 5 nitrogen and oxygen atoms in total. The molecule has 5 heteroatoms. The quantitative estimate of drug-likeness (QED) is 0.354. The summed E-state index contributed by atoms with van der Waals surface area (Å²) in [6.07, 6.45) is 5.57. The summed E-state index contributed by atoms with van der Waals surface area (Å²) >= 11 is 0. The predicted octanol–water partition coefficient (Wildman–Crippen LogP) is 5.54. The Kier molecular flexibility index (Phi) is 9.99. The van der Waals surface area contributed by atoms with E-state index in [-0.39, 0.29) is 5.91 Å². The summed E-state index contributed by atoms with van der Waals surface area (Å²) in [4.78, 5) is 21.9. The standard InChI is InChI=1S/C19H28N2O2.C8H8O/c1-5-6-7-8-19(22)20-12-11-16-14(2)21(3)18-10-9-15(23-4)13-17(16)18;1-7-2-4-8(6-9)5-3-7/h9-10,13H,5-8,11-12H2,1-4H3,(H,20,22);2-6H,1H3. The van der Waals surface area contributed by atoms with Crippen LogP contribution in [0.15, 0.2) is 42.5 Å². The van der Waals surface area contributed by atoms with Crippen LogP contribution in [0.1, 0.15) is 59.8 Å². The molecule has 0 aliphatic carbocycles. The highest BCUT2D eigenvalue weighted by molar-refractivity contribution is 5.87. The van der Waals surface area contributed by atoms with E-state index in [4.69, 9.17) is 4.74 Å². The number of aryl methyl sites for hydroxylation is 2. The number of benzene rings is 2. The molecule has 1 N–H and O–H groups in total. The number of rotatable bonds is 9. The van der Waals surface area contributed by atoms with Crippen LogP contribution in [0.4, 0.5) is 0 Å². The lowest BCUT2D eigenvalue weighted by Crippen LogP contribution is -2.25. The fourth-order valence-electron chi connectivity index (χ4n) is 3.67. The van der Waals surface area contributed by atoms with Crippen molar-refractivity contribution in [2.24, 2.45) is 7.05 Å². The lowest BCUT2D eigenvalue weighted by Gasteiger charge is -2.06. The van der Waals surface area contributed by atoms with E-state index in [1.54, 1.807) is 7.11 Å². The Morgan fingerprint density at radius 2 is 1.81 bits per heavy atom. The molecule has 0 aliphatic rings. The smallest absolute Gasteiger partial charge is 0.220 e. The molecule has 1 aromatic heterocycles. The van der Waals surface area contributed by atoms with Gasteiger partial charge in [-0.3, -0.25) is 9.59 Å². The number of hydrogen-bond acceptors (Lipinski definition) is 3. The summed E-state index contributed by atoms with van der Waals surface area (Å²) in [7, 11) is 3.77. The zero-order chi connectivity index (χ0) is 23.5. The van der Waals surface area contributed by atoms with E-state index in [0.29, 0.717) is 13.0 Å². The number of amides is 1. The summed E-state index contributed by atoms with van der Waals surface area (Å²) in [6.45, 7) is 6.96. The number of aromatic nitrogens is 1. The van der Waals surface area contributed by atoms with Crippen molar-refractivity contribution in [3.8, 4) is 5.75 Å². The first-order valence-corrected chi connectivity index (χ1v) is 11.3. The van der Waals surface area contributed by atoms with Crippen LogP contribution in [0, 0.1) is 13.8 Å². The van der Waals surface area contributed by atoms with Crippen molar-refractivity contribution in [3.05, 3.63) is 64.8 Å². The van der Waals surface area contributed by atoms with Crippen molar-refractivity contribution in [3.63, 3.8) is 0 Å². The van der Waals surface area contributed by atoms with Gasteiger partial charge >= 0.3 is 0 Å². The van der Waals surface area contributed by atoms with Gasteiger partial charge < -0.3 is 14.6 Å². The Morgan fingerprint density at radius 3 is 2.44 bits per heavy atom. The second-order valence-corrected chi connectivity index (χ2v) is 8.09. The average molecular weight is 437 g/mol. The Balaban J connectivity index is 0.000000336. The molecule has 0 atom stereocenters. The van der Waals surface area contributed by atoms with Gasteiger partial charge in [-0.2, -0.15) is 0 Å². The first-order chi connectivity index (χ1) is 15.4. The molecule has 0 unspecified atom stereocenters. The van der Waals surface area contributed by atoms with Crippen LogP contribution in [0.25, 0.3) is 10.9 Å². The van der Waals surface area contributed by atoms with Gasteiger partial charge in [-0.05, 0) is 50.5 Å². The van der Waals surface area contributed by atoms with Crippen LogP contribution >= 0.6 is 0 Å². The average Bonchev–Trinajstić information content (AvgIpc) is 3.04. The van der Waals surface area contributed by atoms with Gasteiger partial charge in [-0.1, -0.05) is 49.6 Å². The number of ether oxygens (including phenoxy) is 1. The number of aldehydes is 1. The van der Waals surface area contributed by atoms with Gasteiger partial charge in [0.05, 0.1) is 7.11 Å². The Hall–Kier alpha value is -3.08. The minimum absolute atomic E-state index is 0.161. The molecule has 1 amide bonds. The maximum absolute atomic E-state index is 11.8. The number of carbonyl (C=O) groups is 2. The number of nitrogens with zero attached hydrogens (tertiary/aromatic N) is 1. The number of nitrogens with one attached hydrogen (secondary N) is 1. The van der Waals surface area contributed by atoms with E-state index >= 15 is 0 Å². The van der Waals surface area contributed by atoms with Crippen LogP contribution in [0.3, 0.4) is 0 Å². The molecule has 0 saturated carbocycles. The Labute approximate surface area is 191 Å². The van der Waals surface area contributed by atoms with Crippen LogP contribution in [-0.4, -0.2) is 30.4 Å². The molecular weight excluding hydrogens is 400 g/mol. The van der Waals surface area contributed by atoms with Crippen molar-refractivity contribution in [1.82, 2.24) is 9.88 Å². The molecule has 0 saturated heterocycles. The second kappa shape index (κ2) is 12.7. The number of methoxy groups -OCH3 is 1. The van der Waals surface area contributed by atoms with Gasteiger partial charge in [-0.15, -0.1) is 0 Å². The van der Waals surface area contributed by atoms with Crippen molar-refractivity contribution < 1.29 is 14.3 Å². The van der Waals surface area contributed by atoms with Crippen molar-refractivity contribution >= 4 is 23.1 Å². The van der Waals surface area contributed by atoms with E-state index in [9.17, 15) is 9.59 Å². The molecule has 0 fully saturated rings. The molecule has 2 aromatic carbocycles. The maximum Gasteiger partial charge on any atom is 0.220 e. The highest BCUT2D eigenvalue weighted by Gasteiger charge is 2.13. The number of hydrogen-bond donors (Lipinski definition) is 1. The summed E-state index contributed by atoms with van der Waals surface area (Å²) in [5, 5.41) is 4.25. The lowest BCUT2D eigenvalue weighted by atomic mass is 10.1. The third kappa shape index (κ3) is 6.98. The van der Waals surface area contributed by atoms with Crippen molar-refractivity contribution in [2.75, 3.05) is 13.7 Å². The summed E-state index contributed by atoms with van der Waals surface area (Å²) < 4.78 is 7.55. The monoisotopic (exact) mass is 436 g/mol. The maximum atomic E-state index is 11.8. The molecular formula is C27H36N2O3. The minimum Gasteiger partial charge on any atom is -0.497 e. The first-order valence-electron chi connectivity index (χ1n) is 11.3. The van der Waals surface area contributed by atoms with Gasteiger partial charge in [0.15, 0.2) is 0 Å². The third-order valence-electron chi connectivity index (χ3n) is 5.75. The Bertz CT molecular complexity index is 1020. The van der Waals surface area contributed by atoms with E-state index in [0.717, 1.165) is 43.3 Å².